The molecular weight excluding hydrogens is 224 g/mol. The molecule has 0 unspecified atom stereocenters. The fourth-order valence-electron chi connectivity index (χ4n) is 1.24. The maximum absolute atomic E-state index is 11.1. The summed E-state index contributed by atoms with van der Waals surface area (Å²) in [6.45, 7) is 7.46. The van der Waals surface area contributed by atoms with Crippen molar-refractivity contribution in [1.29, 1.82) is 0 Å². The van der Waals surface area contributed by atoms with Crippen LogP contribution < -0.4 is 0 Å². The van der Waals surface area contributed by atoms with E-state index in [1.807, 2.05) is 6.07 Å². The normalized spacial score (nSPS) is 9.62. The lowest BCUT2D eigenvalue weighted by Gasteiger charge is -2.06. The predicted molar refractivity (Wildman–Crippen MR) is 66.4 cm³/mol. The molecule has 3 heteroatoms. The Morgan fingerprint density at radius 1 is 1.56 bits per heavy atom. The van der Waals surface area contributed by atoms with Gasteiger partial charge in [-0.3, -0.25) is 4.79 Å². The molecule has 0 atom stereocenters. The number of carbonyl (C=O) groups is 1. The van der Waals surface area contributed by atoms with E-state index in [0.717, 1.165) is 16.7 Å². The number of allylic oxidation sites excluding steroid dienone is 2. The molecule has 0 amide bonds. The van der Waals surface area contributed by atoms with E-state index in [-0.39, 0.29) is 12.4 Å². The van der Waals surface area contributed by atoms with Gasteiger partial charge < -0.3 is 4.74 Å². The third-order valence-electron chi connectivity index (χ3n) is 2.23. The second kappa shape index (κ2) is 5.52. The number of rotatable bonds is 4. The summed E-state index contributed by atoms with van der Waals surface area (Å²) in [4.78, 5) is 11.1. The average molecular weight is 237 g/mol. The molecule has 84 valence electrons. The Labute approximate surface area is 100 Å². The summed E-state index contributed by atoms with van der Waals surface area (Å²) in [6, 6.07) is 5.42. The minimum Gasteiger partial charge on any atom is -0.469 e. The highest BCUT2D eigenvalue weighted by molar-refractivity contribution is 6.31. The van der Waals surface area contributed by atoms with Crippen molar-refractivity contribution in [2.24, 2.45) is 0 Å². The first-order valence-corrected chi connectivity index (χ1v) is 5.13. The number of carbonyl (C=O) groups excluding carboxylic acids is 1. The highest BCUT2D eigenvalue weighted by atomic mass is 35.5. The molecule has 0 aromatic heterocycles. The Morgan fingerprint density at radius 2 is 2.25 bits per heavy atom. The fourth-order valence-corrected chi connectivity index (χ4v) is 1.48. The minimum absolute atomic E-state index is 0.177. The second-order valence-corrected chi connectivity index (χ2v) is 3.70. The van der Waals surface area contributed by atoms with Crippen molar-refractivity contribution in [2.45, 2.75) is 6.42 Å². The largest absolute Gasteiger partial charge is 0.469 e. The van der Waals surface area contributed by atoms with E-state index in [9.17, 15) is 4.79 Å². The first-order chi connectivity index (χ1) is 7.58. The van der Waals surface area contributed by atoms with E-state index in [2.05, 4.69) is 17.9 Å². The monoisotopic (exact) mass is 236 g/mol. The number of esters is 1. The molecule has 16 heavy (non-hydrogen) atoms. The van der Waals surface area contributed by atoms with Crippen molar-refractivity contribution in [1.82, 2.24) is 0 Å². The molecule has 1 rings (SSSR count). The van der Waals surface area contributed by atoms with Gasteiger partial charge in [0.2, 0.25) is 0 Å². The third kappa shape index (κ3) is 2.97. The average Bonchev–Trinajstić information content (AvgIpc) is 2.30. The van der Waals surface area contributed by atoms with Crippen LogP contribution in [0.1, 0.15) is 11.1 Å². The first-order valence-electron chi connectivity index (χ1n) is 4.75. The standard InChI is InChI=1S/C13H13ClO2/c1-4-9(2)10-5-6-11(12(14)7-10)8-13(15)16-3/h4-7H,1-2,8H2,3H3. The number of methoxy groups -OCH3 is 1. The molecule has 0 radical (unpaired) electrons. The van der Waals surface area contributed by atoms with Crippen LogP contribution in [0.2, 0.25) is 5.02 Å². The topological polar surface area (TPSA) is 26.3 Å². The lowest BCUT2D eigenvalue weighted by molar-refractivity contribution is -0.139. The van der Waals surface area contributed by atoms with Crippen LogP contribution in [0, 0.1) is 0 Å². The lowest BCUT2D eigenvalue weighted by Crippen LogP contribution is -2.04. The third-order valence-corrected chi connectivity index (χ3v) is 2.58. The van der Waals surface area contributed by atoms with E-state index in [4.69, 9.17) is 11.6 Å². The lowest BCUT2D eigenvalue weighted by atomic mass is 10.0. The van der Waals surface area contributed by atoms with Crippen molar-refractivity contribution < 1.29 is 9.53 Å². The maximum Gasteiger partial charge on any atom is 0.310 e. The van der Waals surface area contributed by atoms with Gasteiger partial charge in [0, 0.05) is 5.02 Å². The summed E-state index contributed by atoms with van der Waals surface area (Å²) in [6.07, 6.45) is 1.84. The Balaban J connectivity index is 2.95. The van der Waals surface area contributed by atoms with Crippen molar-refractivity contribution in [3.63, 3.8) is 0 Å². The van der Waals surface area contributed by atoms with E-state index in [1.54, 1.807) is 18.2 Å². The van der Waals surface area contributed by atoms with Gasteiger partial charge in [0.15, 0.2) is 0 Å². The van der Waals surface area contributed by atoms with Gasteiger partial charge in [0.05, 0.1) is 13.5 Å². The summed E-state index contributed by atoms with van der Waals surface area (Å²) in [5.74, 6) is -0.308. The molecule has 1 aromatic carbocycles. The number of ether oxygens (including phenoxy) is 1. The summed E-state index contributed by atoms with van der Waals surface area (Å²) in [7, 11) is 1.35. The number of hydrogen-bond donors (Lipinski definition) is 0. The van der Waals surface area contributed by atoms with Gasteiger partial charge in [-0.2, -0.15) is 0 Å². The quantitative estimate of drug-likeness (QED) is 0.593. The highest BCUT2D eigenvalue weighted by Gasteiger charge is 2.08. The van der Waals surface area contributed by atoms with Crippen molar-refractivity contribution in [2.75, 3.05) is 7.11 Å². The zero-order valence-electron chi connectivity index (χ0n) is 9.13. The van der Waals surface area contributed by atoms with Gasteiger partial charge >= 0.3 is 5.97 Å². The van der Waals surface area contributed by atoms with E-state index < -0.39 is 0 Å². The molecule has 0 saturated carbocycles. The molecule has 0 aliphatic heterocycles. The number of hydrogen-bond acceptors (Lipinski definition) is 2. The molecule has 0 spiro atoms. The predicted octanol–water partition coefficient (Wildman–Crippen LogP) is 3.25. The SMILES string of the molecule is C=CC(=C)c1ccc(CC(=O)OC)c(Cl)c1. The molecule has 1 aromatic rings. The summed E-state index contributed by atoms with van der Waals surface area (Å²) >= 11 is 6.05. The number of halogens is 1. The minimum atomic E-state index is -0.308. The van der Waals surface area contributed by atoms with Gasteiger partial charge in [-0.05, 0) is 22.8 Å². The molecule has 0 saturated heterocycles. The van der Waals surface area contributed by atoms with Crippen LogP contribution in [0.25, 0.3) is 5.57 Å². The Morgan fingerprint density at radius 3 is 2.75 bits per heavy atom. The molecule has 2 nitrogen and oxygen atoms in total. The Bertz CT molecular complexity index is 436. The molecule has 0 bridgehead atoms. The van der Waals surface area contributed by atoms with Crippen molar-refractivity contribution in [3.8, 4) is 0 Å². The zero-order chi connectivity index (χ0) is 12.1. The van der Waals surface area contributed by atoms with E-state index >= 15 is 0 Å². The second-order valence-electron chi connectivity index (χ2n) is 3.29. The van der Waals surface area contributed by atoms with Crippen LogP contribution in [0.5, 0.6) is 0 Å². The highest BCUT2D eigenvalue weighted by Crippen LogP contribution is 2.22. The summed E-state index contributed by atoms with van der Waals surface area (Å²) in [5, 5.41) is 0.533. The van der Waals surface area contributed by atoms with E-state index in [1.165, 1.54) is 7.11 Å². The number of benzene rings is 1. The zero-order valence-corrected chi connectivity index (χ0v) is 9.88. The smallest absolute Gasteiger partial charge is 0.310 e. The molecule has 0 heterocycles. The van der Waals surface area contributed by atoms with Crippen LogP contribution in [0.4, 0.5) is 0 Å². The van der Waals surface area contributed by atoms with Crippen molar-refractivity contribution in [3.05, 3.63) is 53.6 Å². The van der Waals surface area contributed by atoms with Crippen LogP contribution in [0.3, 0.4) is 0 Å². The van der Waals surface area contributed by atoms with Gasteiger partial charge in [-0.25, -0.2) is 0 Å². The molecule has 0 N–H and O–H groups in total. The molecule has 0 aliphatic carbocycles. The van der Waals surface area contributed by atoms with Crippen LogP contribution in [-0.4, -0.2) is 13.1 Å². The van der Waals surface area contributed by atoms with Crippen LogP contribution in [-0.2, 0) is 16.0 Å². The Hall–Kier alpha value is -1.54. The summed E-state index contributed by atoms with van der Waals surface area (Å²) in [5.41, 5.74) is 2.44. The van der Waals surface area contributed by atoms with Crippen LogP contribution in [0.15, 0.2) is 37.4 Å². The molecule has 0 aliphatic rings. The molecule has 0 fully saturated rings. The fraction of sp³-hybridized carbons (Fsp3) is 0.154. The Kier molecular flexibility index (Phi) is 4.32. The van der Waals surface area contributed by atoms with Gasteiger partial charge in [0.25, 0.3) is 0 Å². The van der Waals surface area contributed by atoms with Gasteiger partial charge in [0.1, 0.15) is 0 Å². The van der Waals surface area contributed by atoms with Gasteiger partial charge in [-0.1, -0.05) is 43.0 Å². The molecular formula is C13H13ClO2. The first kappa shape index (κ1) is 12.5. The van der Waals surface area contributed by atoms with Gasteiger partial charge in [-0.15, -0.1) is 0 Å². The maximum atomic E-state index is 11.1. The van der Waals surface area contributed by atoms with E-state index in [0.29, 0.717) is 5.02 Å². The summed E-state index contributed by atoms with van der Waals surface area (Å²) < 4.78 is 4.58. The van der Waals surface area contributed by atoms with Crippen LogP contribution >= 0.6 is 11.6 Å². The van der Waals surface area contributed by atoms with Crippen molar-refractivity contribution >= 4 is 23.1 Å².